The van der Waals surface area contributed by atoms with Gasteiger partial charge in [-0.15, -0.1) is 0 Å². The Labute approximate surface area is 120 Å². The topological polar surface area (TPSA) is 17.8 Å². The van der Waals surface area contributed by atoms with Crippen LogP contribution in [0.4, 0.5) is 0 Å². The quantitative estimate of drug-likeness (QED) is 0.666. The highest BCUT2D eigenvalue weighted by Gasteiger charge is 2.14. The average Bonchev–Trinajstić information content (AvgIpc) is 2.88. The van der Waals surface area contributed by atoms with Crippen LogP contribution in [0.2, 0.25) is 0 Å². The van der Waals surface area contributed by atoms with E-state index in [1.165, 1.54) is 28.5 Å². The Bertz CT molecular complexity index is 698. The van der Waals surface area contributed by atoms with E-state index in [0.717, 1.165) is 6.42 Å². The maximum atomic E-state index is 4.13. The number of rotatable bonds is 4. The summed E-state index contributed by atoms with van der Waals surface area (Å²) >= 11 is 0. The molecule has 0 amide bonds. The summed E-state index contributed by atoms with van der Waals surface area (Å²) in [6, 6.07) is 13.5. The molecule has 0 aliphatic heterocycles. The standard InChI is InChI=1S/C18H20N2/c1-3-4-17(15-7-10-19-11-8-15)20-12-9-16-13-14(2)5-6-18(16)20/h5-13,17H,3-4H2,1-2H3. The van der Waals surface area contributed by atoms with Crippen LogP contribution < -0.4 is 0 Å². The lowest BCUT2D eigenvalue weighted by Gasteiger charge is -2.20. The highest BCUT2D eigenvalue weighted by Crippen LogP contribution is 2.28. The number of aryl methyl sites for hydroxylation is 1. The Hall–Kier alpha value is -2.09. The lowest BCUT2D eigenvalue weighted by atomic mass is 10.0. The summed E-state index contributed by atoms with van der Waals surface area (Å²) < 4.78 is 2.40. The van der Waals surface area contributed by atoms with Crippen molar-refractivity contribution >= 4 is 10.9 Å². The molecule has 0 fully saturated rings. The summed E-state index contributed by atoms with van der Waals surface area (Å²) in [6.45, 7) is 4.38. The molecular weight excluding hydrogens is 244 g/mol. The van der Waals surface area contributed by atoms with Gasteiger partial charge in [0.05, 0.1) is 6.04 Å². The van der Waals surface area contributed by atoms with Gasteiger partial charge in [0.15, 0.2) is 0 Å². The third-order valence-corrected chi connectivity index (χ3v) is 3.86. The van der Waals surface area contributed by atoms with Crippen LogP contribution in [0.1, 0.15) is 36.9 Å². The fourth-order valence-corrected chi connectivity index (χ4v) is 2.88. The molecule has 0 radical (unpaired) electrons. The second-order valence-electron chi connectivity index (χ2n) is 5.37. The molecule has 1 unspecified atom stereocenters. The molecule has 0 saturated heterocycles. The lowest BCUT2D eigenvalue weighted by Crippen LogP contribution is -2.09. The van der Waals surface area contributed by atoms with Gasteiger partial charge in [-0.1, -0.05) is 25.0 Å². The normalized spacial score (nSPS) is 12.7. The van der Waals surface area contributed by atoms with Crippen molar-refractivity contribution in [1.82, 2.24) is 9.55 Å². The zero-order valence-electron chi connectivity index (χ0n) is 12.1. The van der Waals surface area contributed by atoms with Crippen molar-refractivity contribution in [3.8, 4) is 0 Å². The Morgan fingerprint density at radius 2 is 1.90 bits per heavy atom. The van der Waals surface area contributed by atoms with E-state index in [9.17, 15) is 0 Å². The van der Waals surface area contributed by atoms with Gasteiger partial charge in [0, 0.05) is 24.1 Å². The molecule has 2 nitrogen and oxygen atoms in total. The molecule has 2 aromatic heterocycles. The van der Waals surface area contributed by atoms with Crippen LogP contribution in [-0.4, -0.2) is 9.55 Å². The highest BCUT2D eigenvalue weighted by molar-refractivity contribution is 5.81. The first-order valence-electron chi connectivity index (χ1n) is 7.26. The summed E-state index contributed by atoms with van der Waals surface area (Å²) in [7, 11) is 0. The molecule has 3 rings (SSSR count). The van der Waals surface area contributed by atoms with Crippen LogP contribution in [0, 0.1) is 6.92 Å². The zero-order valence-corrected chi connectivity index (χ0v) is 12.1. The summed E-state index contributed by atoms with van der Waals surface area (Å²) in [5.74, 6) is 0. The van der Waals surface area contributed by atoms with Gasteiger partial charge in [-0.3, -0.25) is 4.98 Å². The van der Waals surface area contributed by atoms with Crippen molar-refractivity contribution in [3.05, 3.63) is 66.1 Å². The van der Waals surface area contributed by atoms with Gasteiger partial charge in [-0.05, 0) is 54.6 Å². The molecule has 3 aromatic rings. The first-order valence-corrected chi connectivity index (χ1v) is 7.26. The van der Waals surface area contributed by atoms with Gasteiger partial charge >= 0.3 is 0 Å². The number of fused-ring (bicyclic) bond motifs is 1. The molecule has 1 aromatic carbocycles. The van der Waals surface area contributed by atoms with E-state index >= 15 is 0 Å². The molecule has 0 N–H and O–H groups in total. The average molecular weight is 264 g/mol. The van der Waals surface area contributed by atoms with Crippen LogP contribution in [0.5, 0.6) is 0 Å². The van der Waals surface area contributed by atoms with Crippen molar-refractivity contribution < 1.29 is 0 Å². The number of aromatic nitrogens is 2. The van der Waals surface area contributed by atoms with Gasteiger partial charge in [0.25, 0.3) is 0 Å². The molecule has 0 aliphatic carbocycles. The van der Waals surface area contributed by atoms with E-state index < -0.39 is 0 Å². The molecular formula is C18H20N2. The number of nitrogens with zero attached hydrogens (tertiary/aromatic N) is 2. The van der Waals surface area contributed by atoms with Gasteiger partial charge in [0.1, 0.15) is 0 Å². The third kappa shape index (κ3) is 2.34. The van der Waals surface area contributed by atoms with E-state index in [0.29, 0.717) is 6.04 Å². The third-order valence-electron chi connectivity index (χ3n) is 3.86. The summed E-state index contributed by atoms with van der Waals surface area (Å²) in [4.78, 5) is 4.13. The van der Waals surface area contributed by atoms with Crippen LogP contribution in [0.15, 0.2) is 55.0 Å². The van der Waals surface area contributed by atoms with Crippen LogP contribution in [0.3, 0.4) is 0 Å². The molecule has 0 aliphatic rings. The highest BCUT2D eigenvalue weighted by atomic mass is 15.0. The minimum Gasteiger partial charge on any atom is -0.340 e. The van der Waals surface area contributed by atoms with Crippen molar-refractivity contribution in [2.75, 3.05) is 0 Å². The van der Waals surface area contributed by atoms with E-state index in [1.807, 2.05) is 12.4 Å². The second kappa shape index (κ2) is 5.49. The van der Waals surface area contributed by atoms with E-state index in [2.05, 4.69) is 66.0 Å². The number of hydrogen-bond donors (Lipinski definition) is 0. The Kier molecular flexibility index (Phi) is 3.55. The smallest absolute Gasteiger partial charge is 0.0586 e. The molecule has 102 valence electrons. The first kappa shape index (κ1) is 12.9. The largest absolute Gasteiger partial charge is 0.340 e. The van der Waals surface area contributed by atoms with Crippen LogP contribution in [0.25, 0.3) is 10.9 Å². The van der Waals surface area contributed by atoms with Crippen molar-refractivity contribution in [1.29, 1.82) is 0 Å². The lowest BCUT2D eigenvalue weighted by molar-refractivity contribution is 0.548. The minimum atomic E-state index is 0.392. The molecule has 1 atom stereocenters. The minimum absolute atomic E-state index is 0.392. The number of benzene rings is 1. The molecule has 2 heterocycles. The van der Waals surface area contributed by atoms with Crippen molar-refractivity contribution in [2.24, 2.45) is 0 Å². The fraction of sp³-hybridized carbons (Fsp3) is 0.278. The van der Waals surface area contributed by atoms with Crippen LogP contribution >= 0.6 is 0 Å². The maximum absolute atomic E-state index is 4.13. The Morgan fingerprint density at radius 1 is 1.10 bits per heavy atom. The fourth-order valence-electron chi connectivity index (χ4n) is 2.88. The van der Waals surface area contributed by atoms with Crippen molar-refractivity contribution in [2.45, 2.75) is 32.7 Å². The van der Waals surface area contributed by atoms with E-state index in [4.69, 9.17) is 0 Å². The maximum Gasteiger partial charge on any atom is 0.0586 e. The predicted molar refractivity (Wildman–Crippen MR) is 84.0 cm³/mol. The molecule has 2 heteroatoms. The van der Waals surface area contributed by atoms with Crippen LogP contribution in [-0.2, 0) is 0 Å². The Balaban J connectivity index is 2.10. The van der Waals surface area contributed by atoms with Crippen molar-refractivity contribution in [3.63, 3.8) is 0 Å². The van der Waals surface area contributed by atoms with Gasteiger partial charge in [-0.2, -0.15) is 0 Å². The first-order chi connectivity index (χ1) is 9.79. The van der Waals surface area contributed by atoms with E-state index in [1.54, 1.807) is 0 Å². The van der Waals surface area contributed by atoms with E-state index in [-0.39, 0.29) is 0 Å². The summed E-state index contributed by atoms with van der Waals surface area (Å²) in [5.41, 5.74) is 3.96. The predicted octanol–water partition coefficient (Wildman–Crippen LogP) is 4.73. The Morgan fingerprint density at radius 3 is 2.65 bits per heavy atom. The molecule has 0 spiro atoms. The number of pyridine rings is 1. The molecule has 0 saturated carbocycles. The summed E-state index contributed by atoms with van der Waals surface area (Å²) in [6.07, 6.45) is 8.28. The van der Waals surface area contributed by atoms with Gasteiger partial charge < -0.3 is 4.57 Å². The monoisotopic (exact) mass is 264 g/mol. The molecule has 0 bridgehead atoms. The summed E-state index contributed by atoms with van der Waals surface area (Å²) in [5, 5.41) is 1.32. The number of hydrogen-bond acceptors (Lipinski definition) is 1. The zero-order chi connectivity index (χ0) is 13.9. The van der Waals surface area contributed by atoms with Gasteiger partial charge in [-0.25, -0.2) is 0 Å². The van der Waals surface area contributed by atoms with Gasteiger partial charge in [0.2, 0.25) is 0 Å². The molecule has 20 heavy (non-hydrogen) atoms. The second-order valence-corrected chi connectivity index (χ2v) is 5.37. The SMILES string of the molecule is CCCC(c1ccncc1)n1ccc2cc(C)ccc21.